The molecule has 2 aromatic rings. The largest absolute Gasteiger partial charge is 0.369 e. The number of H-pyrrole nitrogens is 1. The van der Waals surface area contributed by atoms with Crippen molar-refractivity contribution in [3.8, 4) is 0 Å². The Labute approximate surface area is 131 Å². The van der Waals surface area contributed by atoms with E-state index in [0.717, 1.165) is 23.3 Å². The minimum Gasteiger partial charge on any atom is -0.369 e. The molecule has 5 nitrogen and oxygen atoms in total. The number of fused-ring (bicyclic) bond motifs is 1. The molecule has 1 aromatic heterocycles. The molecule has 1 aromatic carbocycles. The lowest BCUT2D eigenvalue weighted by atomic mass is 9.98. The van der Waals surface area contributed by atoms with Gasteiger partial charge in [-0.3, -0.25) is 4.79 Å². The minimum absolute atomic E-state index is 0.0407. The quantitative estimate of drug-likeness (QED) is 0.825. The number of amides is 1. The van der Waals surface area contributed by atoms with Gasteiger partial charge < -0.3 is 15.0 Å². The number of carbonyl (C=O) groups excluding carboxylic acids is 1. The summed E-state index contributed by atoms with van der Waals surface area (Å²) in [7, 11) is 0. The highest BCUT2D eigenvalue weighted by molar-refractivity contribution is 5.78. The Morgan fingerprint density at radius 2 is 2.05 bits per heavy atom. The molecule has 2 atom stereocenters. The number of carbonyl (C=O) groups is 1. The van der Waals surface area contributed by atoms with Crippen molar-refractivity contribution < 1.29 is 9.53 Å². The monoisotopic (exact) mass is 303 g/mol. The van der Waals surface area contributed by atoms with Crippen molar-refractivity contribution in [1.82, 2.24) is 15.3 Å². The van der Waals surface area contributed by atoms with Crippen molar-refractivity contribution in [1.29, 1.82) is 0 Å². The second kappa shape index (κ2) is 7.40. The summed E-state index contributed by atoms with van der Waals surface area (Å²) in [5.74, 6) is 0.969. The predicted octanol–water partition coefficient (Wildman–Crippen LogP) is 3.19. The van der Waals surface area contributed by atoms with Crippen LogP contribution in [0.5, 0.6) is 0 Å². The van der Waals surface area contributed by atoms with Crippen LogP contribution in [0.3, 0.4) is 0 Å². The molecule has 0 radical (unpaired) electrons. The van der Waals surface area contributed by atoms with Gasteiger partial charge in [-0.2, -0.15) is 0 Å². The van der Waals surface area contributed by atoms with Gasteiger partial charge in [0.05, 0.1) is 23.2 Å². The third-order valence-corrected chi connectivity index (χ3v) is 3.78. The lowest BCUT2D eigenvalue weighted by Gasteiger charge is -2.22. The minimum atomic E-state index is -0.138. The number of hydrogen-bond acceptors (Lipinski definition) is 3. The summed E-state index contributed by atoms with van der Waals surface area (Å²) in [5, 5.41) is 3.04. The third-order valence-electron chi connectivity index (χ3n) is 3.78. The van der Waals surface area contributed by atoms with E-state index in [2.05, 4.69) is 29.1 Å². The molecule has 0 spiro atoms. The van der Waals surface area contributed by atoms with Crippen LogP contribution < -0.4 is 5.32 Å². The molecule has 0 aliphatic carbocycles. The van der Waals surface area contributed by atoms with E-state index >= 15 is 0 Å². The van der Waals surface area contributed by atoms with E-state index in [1.165, 1.54) is 0 Å². The zero-order valence-electron chi connectivity index (χ0n) is 13.7. The molecule has 0 aliphatic heterocycles. The van der Waals surface area contributed by atoms with Crippen LogP contribution in [0, 0.1) is 5.92 Å². The number of aromatic amines is 1. The highest BCUT2D eigenvalue weighted by atomic mass is 16.5. The second-order valence-electron chi connectivity index (χ2n) is 5.93. The smallest absolute Gasteiger partial charge is 0.246 e. The summed E-state index contributed by atoms with van der Waals surface area (Å²) >= 11 is 0. The SMILES string of the molecule is CC[C@@H](C)[C@@H](NC(=O)COC(C)C)c1nc2ccccc2[nH]1. The Morgan fingerprint density at radius 3 is 2.68 bits per heavy atom. The van der Waals surface area contributed by atoms with E-state index in [9.17, 15) is 4.79 Å². The second-order valence-corrected chi connectivity index (χ2v) is 5.93. The summed E-state index contributed by atoms with van der Waals surface area (Å²) in [4.78, 5) is 20.0. The van der Waals surface area contributed by atoms with Gasteiger partial charge in [0.25, 0.3) is 0 Å². The van der Waals surface area contributed by atoms with E-state index < -0.39 is 0 Å². The molecule has 120 valence electrons. The number of ether oxygens (including phenoxy) is 1. The number of imidazole rings is 1. The average Bonchev–Trinajstić information content (AvgIpc) is 2.93. The first kappa shape index (κ1) is 16.5. The first-order valence-electron chi connectivity index (χ1n) is 7.86. The van der Waals surface area contributed by atoms with Crippen LogP contribution in [-0.4, -0.2) is 28.6 Å². The maximum Gasteiger partial charge on any atom is 0.246 e. The van der Waals surface area contributed by atoms with Gasteiger partial charge in [-0.15, -0.1) is 0 Å². The number of rotatable bonds is 7. The van der Waals surface area contributed by atoms with Crippen molar-refractivity contribution in [2.45, 2.75) is 46.3 Å². The van der Waals surface area contributed by atoms with Crippen molar-refractivity contribution >= 4 is 16.9 Å². The number of benzene rings is 1. The van der Waals surface area contributed by atoms with Crippen LogP contribution in [0.15, 0.2) is 24.3 Å². The summed E-state index contributed by atoms with van der Waals surface area (Å²) < 4.78 is 5.37. The Hall–Kier alpha value is -1.88. The van der Waals surface area contributed by atoms with Crippen LogP contribution in [0.1, 0.15) is 46.0 Å². The zero-order valence-corrected chi connectivity index (χ0v) is 13.7. The number of nitrogens with zero attached hydrogens (tertiary/aromatic N) is 1. The third kappa shape index (κ3) is 4.07. The maximum absolute atomic E-state index is 12.1. The van der Waals surface area contributed by atoms with Crippen molar-refractivity contribution in [3.05, 3.63) is 30.1 Å². The Bertz CT molecular complexity index is 588. The Kier molecular flexibility index (Phi) is 5.55. The molecule has 1 amide bonds. The predicted molar refractivity (Wildman–Crippen MR) is 87.5 cm³/mol. The Balaban J connectivity index is 2.17. The summed E-state index contributed by atoms with van der Waals surface area (Å²) in [6.07, 6.45) is 0.992. The number of hydrogen-bond donors (Lipinski definition) is 2. The lowest BCUT2D eigenvalue weighted by Crippen LogP contribution is -2.36. The van der Waals surface area contributed by atoms with Crippen LogP contribution in [-0.2, 0) is 9.53 Å². The topological polar surface area (TPSA) is 67.0 Å². The molecule has 0 saturated heterocycles. The fourth-order valence-corrected chi connectivity index (χ4v) is 2.29. The van der Waals surface area contributed by atoms with E-state index in [0.29, 0.717) is 0 Å². The molecular formula is C17H25N3O2. The highest BCUT2D eigenvalue weighted by Crippen LogP contribution is 2.24. The van der Waals surface area contributed by atoms with Crippen molar-refractivity contribution in [3.63, 3.8) is 0 Å². The molecule has 5 heteroatoms. The fourth-order valence-electron chi connectivity index (χ4n) is 2.29. The maximum atomic E-state index is 12.1. The fraction of sp³-hybridized carbons (Fsp3) is 0.529. The van der Waals surface area contributed by atoms with Gasteiger partial charge in [0.15, 0.2) is 0 Å². The van der Waals surface area contributed by atoms with Crippen LogP contribution >= 0.6 is 0 Å². The van der Waals surface area contributed by atoms with E-state index in [-0.39, 0.29) is 30.6 Å². The average molecular weight is 303 g/mol. The van der Waals surface area contributed by atoms with Crippen LogP contribution in [0.25, 0.3) is 11.0 Å². The normalized spacial score (nSPS) is 14.2. The van der Waals surface area contributed by atoms with E-state index in [1.807, 2.05) is 38.1 Å². The van der Waals surface area contributed by atoms with Gasteiger partial charge in [0.2, 0.25) is 5.91 Å². The zero-order chi connectivity index (χ0) is 16.1. The van der Waals surface area contributed by atoms with Crippen molar-refractivity contribution in [2.75, 3.05) is 6.61 Å². The molecule has 22 heavy (non-hydrogen) atoms. The Morgan fingerprint density at radius 1 is 1.32 bits per heavy atom. The molecule has 0 aliphatic rings. The molecule has 2 rings (SSSR count). The summed E-state index contributed by atoms with van der Waals surface area (Å²) in [6, 6.07) is 7.74. The van der Waals surface area contributed by atoms with Gasteiger partial charge in [-0.05, 0) is 31.9 Å². The highest BCUT2D eigenvalue weighted by Gasteiger charge is 2.23. The molecule has 0 fully saturated rings. The van der Waals surface area contributed by atoms with Crippen LogP contribution in [0.4, 0.5) is 0 Å². The van der Waals surface area contributed by atoms with Crippen molar-refractivity contribution in [2.24, 2.45) is 5.92 Å². The molecular weight excluding hydrogens is 278 g/mol. The number of para-hydroxylation sites is 2. The standard InChI is InChI=1S/C17H25N3O2/c1-5-12(4)16(20-15(21)10-22-11(2)3)17-18-13-8-6-7-9-14(13)19-17/h6-9,11-12,16H,5,10H2,1-4H3,(H,18,19)(H,20,21)/t12-,16-/m1/s1. The van der Waals surface area contributed by atoms with Gasteiger partial charge in [0.1, 0.15) is 12.4 Å². The molecule has 0 bridgehead atoms. The number of nitrogens with one attached hydrogen (secondary N) is 2. The first-order valence-corrected chi connectivity index (χ1v) is 7.86. The van der Waals surface area contributed by atoms with Crippen LogP contribution in [0.2, 0.25) is 0 Å². The molecule has 0 saturated carbocycles. The van der Waals surface area contributed by atoms with E-state index in [1.54, 1.807) is 0 Å². The van der Waals surface area contributed by atoms with Gasteiger partial charge in [-0.1, -0.05) is 32.4 Å². The lowest BCUT2D eigenvalue weighted by molar-refractivity contribution is -0.128. The first-order chi connectivity index (χ1) is 10.5. The molecule has 0 unspecified atom stereocenters. The van der Waals surface area contributed by atoms with E-state index in [4.69, 9.17) is 4.74 Å². The summed E-state index contributed by atoms with van der Waals surface area (Å²) in [5.41, 5.74) is 1.90. The molecule has 1 heterocycles. The molecule has 2 N–H and O–H groups in total. The van der Waals surface area contributed by atoms with Gasteiger partial charge in [-0.25, -0.2) is 4.98 Å². The summed E-state index contributed by atoms with van der Waals surface area (Å²) in [6.45, 7) is 8.13. The number of aromatic nitrogens is 2. The van der Waals surface area contributed by atoms with Gasteiger partial charge >= 0.3 is 0 Å². The van der Waals surface area contributed by atoms with Gasteiger partial charge in [0, 0.05) is 0 Å².